The second-order valence-electron chi connectivity index (χ2n) is 3.25. The van der Waals surface area contributed by atoms with E-state index >= 15 is 0 Å². The number of nitrogens with one attached hydrogen (secondary N) is 1. The van der Waals surface area contributed by atoms with Crippen LogP contribution in [-0.4, -0.2) is 14.2 Å². The summed E-state index contributed by atoms with van der Waals surface area (Å²) in [4.78, 5) is 0. The van der Waals surface area contributed by atoms with Crippen molar-refractivity contribution in [3.05, 3.63) is 34.9 Å². The van der Waals surface area contributed by atoms with Gasteiger partial charge in [0.05, 0.1) is 0 Å². The predicted octanol–water partition coefficient (Wildman–Crippen LogP) is 2.17. The van der Waals surface area contributed by atoms with Gasteiger partial charge in [-0.2, -0.15) is 0 Å². The lowest BCUT2D eigenvalue weighted by molar-refractivity contribution is 0.0808. The van der Waals surface area contributed by atoms with Crippen molar-refractivity contribution in [3.63, 3.8) is 0 Å². The maximum absolute atomic E-state index is 5.27. The zero-order chi connectivity index (χ0) is 9.84. The number of ether oxygens (including phenoxy) is 1. The maximum atomic E-state index is 5.27. The minimum absolute atomic E-state index is 0.000648. The highest BCUT2D eigenvalue weighted by Gasteiger charge is 2.07. The standard InChI is InChI=1S/C11H17NO/c1-8-5-6-10(7-9(8)2)11(12-3)13-4/h5-7,11-12H,1-4H3. The van der Waals surface area contributed by atoms with E-state index in [1.165, 1.54) is 16.7 Å². The molecule has 0 saturated carbocycles. The fourth-order valence-corrected chi connectivity index (χ4v) is 1.35. The zero-order valence-corrected chi connectivity index (χ0v) is 8.72. The highest BCUT2D eigenvalue weighted by molar-refractivity contribution is 5.30. The second-order valence-corrected chi connectivity index (χ2v) is 3.25. The first kappa shape index (κ1) is 10.2. The number of methoxy groups -OCH3 is 1. The Hall–Kier alpha value is -0.860. The summed E-state index contributed by atoms with van der Waals surface area (Å²) in [5.74, 6) is 0. The quantitative estimate of drug-likeness (QED) is 0.718. The molecule has 0 aliphatic rings. The van der Waals surface area contributed by atoms with Crippen LogP contribution in [-0.2, 0) is 4.74 Å². The summed E-state index contributed by atoms with van der Waals surface area (Å²) in [6.45, 7) is 4.22. The molecule has 1 aromatic carbocycles. The molecule has 1 unspecified atom stereocenters. The molecule has 0 aromatic heterocycles. The van der Waals surface area contributed by atoms with Crippen molar-refractivity contribution < 1.29 is 4.74 Å². The molecule has 0 saturated heterocycles. The van der Waals surface area contributed by atoms with Gasteiger partial charge in [0.25, 0.3) is 0 Å². The monoisotopic (exact) mass is 179 g/mol. The lowest BCUT2D eigenvalue weighted by atomic mass is 10.1. The summed E-state index contributed by atoms with van der Waals surface area (Å²) in [5, 5.41) is 3.09. The minimum atomic E-state index is -0.000648. The first-order chi connectivity index (χ1) is 6.19. The molecule has 0 spiro atoms. The number of rotatable bonds is 3. The Kier molecular flexibility index (Phi) is 3.46. The molecule has 1 aromatic rings. The lowest BCUT2D eigenvalue weighted by Gasteiger charge is -2.15. The van der Waals surface area contributed by atoms with E-state index < -0.39 is 0 Å². The van der Waals surface area contributed by atoms with Gasteiger partial charge in [-0.05, 0) is 37.6 Å². The van der Waals surface area contributed by atoms with Crippen LogP contribution in [0.2, 0.25) is 0 Å². The van der Waals surface area contributed by atoms with Gasteiger partial charge in [0, 0.05) is 7.11 Å². The molecule has 2 nitrogen and oxygen atoms in total. The van der Waals surface area contributed by atoms with Crippen molar-refractivity contribution in [2.45, 2.75) is 20.1 Å². The molecule has 13 heavy (non-hydrogen) atoms. The van der Waals surface area contributed by atoms with Crippen LogP contribution >= 0.6 is 0 Å². The van der Waals surface area contributed by atoms with Crippen LogP contribution in [0.5, 0.6) is 0 Å². The number of benzene rings is 1. The van der Waals surface area contributed by atoms with Crippen molar-refractivity contribution in [2.75, 3.05) is 14.2 Å². The molecule has 0 aliphatic carbocycles. The molecule has 0 heterocycles. The maximum Gasteiger partial charge on any atom is 0.133 e. The van der Waals surface area contributed by atoms with Gasteiger partial charge in [-0.15, -0.1) is 0 Å². The van der Waals surface area contributed by atoms with E-state index in [9.17, 15) is 0 Å². The average Bonchev–Trinajstić information content (AvgIpc) is 2.13. The van der Waals surface area contributed by atoms with Gasteiger partial charge in [0.2, 0.25) is 0 Å². The molecule has 1 atom stereocenters. The molecule has 0 aliphatic heterocycles. The molecular formula is C11H17NO. The number of hydrogen-bond donors (Lipinski definition) is 1. The van der Waals surface area contributed by atoms with Crippen molar-refractivity contribution in [2.24, 2.45) is 0 Å². The van der Waals surface area contributed by atoms with Crippen molar-refractivity contribution in [1.29, 1.82) is 0 Å². The van der Waals surface area contributed by atoms with E-state index in [-0.39, 0.29) is 6.23 Å². The predicted molar refractivity (Wildman–Crippen MR) is 54.7 cm³/mol. The Morgan fingerprint density at radius 1 is 1.23 bits per heavy atom. The van der Waals surface area contributed by atoms with Crippen molar-refractivity contribution in [1.82, 2.24) is 5.32 Å². The normalized spacial score (nSPS) is 12.9. The van der Waals surface area contributed by atoms with E-state index in [1.54, 1.807) is 7.11 Å². The van der Waals surface area contributed by atoms with E-state index in [2.05, 4.69) is 37.4 Å². The Morgan fingerprint density at radius 3 is 2.38 bits per heavy atom. The Bertz CT molecular complexity index is 279. The van der Waals surface area contributed by atoms with Gasteiger partial charge in [0.15, 0.2) is 0 Å². The molecule has 1 N–H and O–H groups in total. The van der Waals surface area contributed by atoms with Crippen LogP contribution < -0.4 is 5.32 Å². The van der Waals surface area contributed by atoms with Crippen molar-refractivity contribution >= 4 is 0 Å². The zero-order valence-electron chi connectivity index (χ0n) is 8.72. The highest BCUT2D eigenvalue weighted by Crippen LogP contribution is 2.16. The largest absolute Gasteiger partial charge is 0.362 e. The van der Waals surface area contributed by atoms with Gasteiger partial charge in [-0.25, -0.2) is 0 Å². The third-order valence-electron chi connectivity index (χ3n) is 2.33. The SMILES string of the molecule is CNC(OC)c1ccc(C)c(C)c1. The van der Waals surface area contributed by atoms with Crippen LogP contribution in [0.4, 0.5) is 0 Å². The minimum Gasteiger partial charge on any atom is -0.362 e. The van der Waals surface area contributed by atoms with Gasteiger partial charge in [-0.3, -0.25) is 5.32 Å². The van der Waals surface area contributed by atoms with Crippen molar-refractivity contribution in [3.8, 4) is 0 Å². The summed E-state index contributed by atoms with van der Waals surface area (Å²) < 4.78 is 5.27. The summed E-state index contributed by atoms with van der Waals surface area (Å²) in [7, 11) is 3.60. The summed E-state index contributed by atoms with van der Waals surface area (Å²) in [6.07, 6.45) is -0.000648. The average molecular weight is 179 g/mol. The third-order valence-corrected chi connectivity index (χ3v) is 2.33. The second kappa shape index (κ2) is 4.40. The highest BCUT2D eigenvalue weighted by atomic mass is 16.5. The van der Waals surface area contributed by atoms with E-state index in [1.807, 2.05) is 7.05 Å². The fraction of sp³-hybridized carbons (Fsp3) is 0.455. The van der Waals surface area contributed by atoms with E-state index in [0.29, 0.717) is 0 Å². The Morgan fingerprint density at radius 2 is 1.92 bits per heavy atom. The molecule has 72 valence electrons. The van der Waals surface area contributed by atoms with Crippen LogP contribution in [0.1, 0.15) is 22.9 Å². The fourth-order valence-electron chi connectivity index (χ4n) is 1.35. The number of hydrogen-bond acceptors (Lipinski definition) is 2. The Labute approximate surface area is 79.9 Å². The Balaban J connectivity index is 2.95. The summed E-state index contributed by atoms with van der Waals surface area (Å²) in [5.41, 5.74) is 3.79. The molecular weight excluding hydrogens is 162 g/mol. The third kappa shape index (κ3) is 2.29. The number of aryl methyl sites for hydroxylation is 2. The van der Waals surface area contributed by atoms with Gasteiger partial charge in [-0.1, -0.05) is 18.2 Å². The van der Waals surface area contributed by atoms with Gasteiger partial charge in [0.1, 0.15) is 6.23 Å². The smallest absolute Gasteiger partial charge is 0.133 e. The molecule has 0 amide bonds. The first-order valence-corrected chi connectivity index (χ1v) is 4.46. The van der Waals surface area contributed by atoms with Crippen LogP contribution in [0.3, 0.4) is 0 Å². The van der Waals surface area contributed by atoms with Crippen LogP contribution in [0.25, 0.3) is 0 Å². The first-order valence-electron chi connectivity index (χ1n) is 4.46. The lowest BCUT2D eigenvalue weighted by Crippen LogP contribution is -2.18. The van der Waals surface area contributed by atoms with Crippen LogP contribution in [0, 0.1) is 13.8 Å². The molecule has 0 radical (unpaired) electrons. The summed E-state index contributed by atoms with van der Waals surface area (Å²) >= 11 is 0. The van der Waals surface area contributed by atoms with Gasteiger partial charge >= 0.3 is 0 Å². The molecule has 1 rings (SSSR count). The van der Waals surface area contributed by atoms with E-state index in [4.69, 9.17) is 4.74 Å². The molecule has 0 bridgehead atoms. The summed E-state index contributed by atoms with van der Waals surface area (Å²) in [6, 6.07) is 6.36. The van der Waals surface area contributed by atoms with Gasteiger partial charge < -0.3 is 4.74 Å². The van der Waals surface area contributed by atoms with E-state index in [0.717, 1.165) is 0 Å². The topological polar surface area (TPSA) is 21.3 Å². The molecule has 0 fully saturated rings. The van der Waals surface area contributed by atoms with Crippen LogP contribution in [0.15, 0.2) is 18.2 Å². The molecule has 2 heteroatoms.